The molecule has 0 atom stereocenters. The van der Waals surface area contributed by atoms with E-state index < -0.39 is 11.7 Å². The smallest absolute Gasteiger partial charge is 0.412 e. The summed E-state index contributed by atoms with van der Waals surface area (Å²) in [5.41, 5.74) is 1.35. The number of carbonyl (C=O) groups excluding carboxylic acids is 1. The number of guanidine groups is 1. The topological polar surface area (TPSA) is 105 Å². The molecule has 9 nitrogen and oxygen atoms in total. The summed E-state index contributed by atoms with van der Waals surface area (Å²) in [7, 11) is 1.75. The van der Waals surface area contributed by atoms with Gasteiger partial charge in [0.25, 0.3) is 0 Å². The van der Waals surface area contributed by atoms with Gasteiger partial charge >= 0.3 is 6.09 Å². The Morgan fingerprint density at radius 1 is 1.20 bits per heavy atom. The number of ether oxygens (including phenoxy) is 1. The molecule has 0 spiro atoms. The van der Waals surface area contributed by atoms with Crippen LogP contribution in [0.4, 0.5) is 10.5 Å². The van der Waals surface area contributed by atoms with Crippen molar-refractivity contribution < 1.29 is 9.53 Å². The third-order valence-electron chi connectivity index (χ3n) is 4.63. The summed E-state index contributed by atoms with van der Waals surface area (Å²) >= 11 is 0. The van der Waals surface area contributed by atoms with Gasteiger partial charge < -0.3 is 19.9 Å². The molecule has 162 valence electrons. The highest BCUT2D eigenvalue weighted by Gasteiger charge is 2.17. The lowest BCUT2D eigenvalue weighted by atomic mass is 10.1. The Bertz CT molecular complexity index is 882. The van der Waals surface area contributed by atoms with Crippen LogP contribution in [0.2, 0.25) is 0 Å². The van der Waals surface area contributed by atoms with Crippen LogP contribution in [-0.2, 0) is 30.7 Å². The molecule has 0 aliphatic carbocycles. The molecule has 0 fully saturated rings. The first kappa shape index (κ1) is 21.6. The number of carbonyl (C=O) groups is 1. The molecule has 1 aliphatic heterocycles. The van der Waals surface area contributed by atoms with Gasteiger partial charge in [-0.1, -0.05) is 12.1 Å². The van der Waals surface area contributed by atoms with Gasteiger partial charge in [-0.3, -0.25) is 10.3 Å². The second kappa shape index (κ2) is 9.60. The average molecular weight is 414 g/mol. The molecule has 2 heterocycles. The number of aromatic nitrogens is 3. The van der Waals surface area contributed by atoms with Crippen molar-refractivity contribution in [3.8, 4) is 0 Å². The fourth-order valence-electron chi connectivity index (χ4n) is 3.23. The van der Waals surface area contributed by atoms with E-state index in [9.17, 15) is 4.79 Å². The number of hydrogen-bond acceptors (Lipinski definition) is 5. The Hall–Kier alpha value is -3.10. The van der Waals surface area contributed by atoms with Gasteiger partial charge in [0.1, 0.15) is 11.4 Å². The summed E-state index contributed by atoms with van der Waals surface area (Å²) in [6.45, 7) is 7.83. The zero-order chi connectivity index (χ0) is 21.6. The second-order valence-electron chi connectivity index (χ2n) is 8.21. The zero-order valence-electron chi connectivity index (χ0n) is 18.2. The molecule has 0 radical (unpaired) electrons. The molecule has 0 bridgehead atoms. The summed E-state index contributed by atoms with van der Waals surface area (Å²) in [5, 5.41) is 17.8. The van der Waals surface area contributed by atoms with Gasteiger partial charge in [0.2, 0.25) is 0 Å². The molecule has 9 heteroatoms. The van der Waals surface area contributed by atoms with E-state index in [1.807, 2.05) is 45.0 Å². The molecule has 3 N–H and O–H groups in total. The molecule has 0 unspecified atom stereocenters. The summed E-state index contributed by atoms with van der Waals surface area (Å²) in [6, 6.07) is 7.73. The number of nitrogens with one attached hydrogen (secondary N) is 3. The van der Waals surface area contributed by atoms with E-state index >= 15 is 0 Å². The first-order valence-electron chi connectivity index (χ1n) is 10.3. The number of aryl methyl sites for hydroxylation is 1. The highest BCUT2D eigenvalue weighted by molar-refractivity contribution is 5.84. The normalized spacial score (nSPS) is 13.7. The van der Waals surface area contributed by atoms with Crippen molar-refractivity contribution in [3.63, 3.8) is 0 Å². The molecule has 1 amide bonds. The molecule has 2 aromatic rings. The van der Waals surface area contributed by atoms with Crippen LogP contribution in [0.5, 0.6) is 0 Å². The Morgan fingerprint density at radius 2 is 1.97 bits per heavy atom. The lowest BCUT2D eigenvalue weighted by Crippen LogP contribution is -2.38. The lowest BCUT2D eigenvalue weighted by molar-refractivity contribution is 0.0636. The van der Waals surface area contributed by atoms with Gasteiger partial charge in [-0.2, -0.15) is 0 Å². The van der Waals surface area contributed by atoms with Crippen LogP contribution in [0.25, 0.3) is 0 Å². The number of aliphatic imine (C=N–C) groups is 1. The second-order valence-corrected chi connectivity index (χ2v) is 8.21. The first-order valence-corrected chi connectivity index (χ1v) is 10.3. The summed E-state index contributed by atoms with van der Waals surface area (Å²) in [4.78, 5) is 16.1. The Kier molecular flexibility index (Phi) is 6.91. The molecule has 30 heavy (non-hydrogen) atoms. The van der Waals surface area contributed by atoms with Crippen molar-refractivity contribution in [2.75, 3.05) is 18.9 Å². The summed E-state index contributed by atoms with van der Waals surface area (Å²) < 4.78 is 7.43. The average Bonchev–Trinajstić information content (AvgIpc) is 3.28. The number of rotatable bonds is 6. The van der Waals surface area contributed by atoms with Crippen LogP contribution < -0.4 is 16.0 Å². The fourth-order valence-corrected chi connectivity index (χ4v) is 3.23. The fraction of sp³-hybridized carbons (Fsp3) is 0.524. The van der Waals surface area contributed by atoms with Crippen LogP contribution in [0.1, 0.15) is 44.4 Å². The van der Waals surface area contributed by atoms with Gasteiger partial charge in [0, 0.05) is 32.2 Å². The minimum Gasteiger partial charge on any atom is -0.444 e. The number of nitrogens with zero attached hydrogens (tertiary/aromatic N) is 4. The van der Waals surface area contributed by atoms with E-state index in [0.717, 1.165) is 55.5 Å². The van der Waals surface area contributed by atoms with Crippen LogP contribution in [0.15, 0.2) is 29.3 Å². The minimum absolute atomic E-state index is 0.454. The quantitative estimate of drug-likeness (QED) is 0.496. The van der Waals surface area contributed by atoms with Crippen molar-refractivity contribution >= 4 is 17.7 Å². The third kappa shape index (κ3) is 6.20. The lowest BCUT2D eigenvalue weighted by Gasteiger charge is -2.19. The standard InChI is InChI=1S/C21H31N7O2/c1-21(2,3)30-20(29)25-16-9-7-15(8-10-16)11-12-23-19(22-4)24-14-18-27-26-17-6-5-13-28(17)18/h7-10H,5-6,11-14H2,1-4H3,(H,25,29)(H2,22,23,24). The number of benzene rings is 1. The molecular formula is C21H31N7O2. The molecule has 1 aromatic heterocycles. The van der Waals surface area contributed by atoms with Crippen LogP contribution >= 0.6 is 0 Å². The Balaban J connectivity index is 1.40. The monoisotopic (exact) mass is 413 g/mol. The molecule has 0 saturated carbocycles. The molecule has 1 aliphatic rings. The van der Waals surface area contributed by atoms with Crippen molar-refractivity contribution in [1.29, 1.82) is 0 Å². The van der Waals surface area contributed by atoms with Crippen LogP contribution in [0.3, 0.4) is 0 Å². The van der Waals surface area contributed by atoms with E-state index in [0.29, 0.717) is 12.2 Å². The van der Waals surface area contributed by atoms with Crippen molar-refractivity contribution in [2.24, 2.45) is 4.99 Å². The predicted molar refractivity (Wildman–Crippen MR) is 117 cm³/mol. The van der Waals surface area contributed by atoms with E-state index in [1.165, 1.54) is 0 Å². The first-order chi connectivity index (χ1) is 14.3. The Labute approximate surface area is 177 Å². The number of anilines is 1. The minimum atomic E-state index is -0.517. The van der Waals surface area contributed by atoms with Crippen molar-refractivity contribution in [2.45, 2.75) is 58.7 Å². The highest BCUT2D eigenvalue weighted by Crippen LogP contribution is 2.14. The molecule has 3 rings (SSSR count). The predicted octanol–water partition coefficient (Wildman–Crippen LogP) is 2.48. The van der Waals surface area contributed by atoms with Gasteiger partial charge in [-0.05, 0) is 51.3 Å². The van der Waals surface area contributed by atoms with Gasteiger partial charge in [0.05, 0.1) is 6.54 Å². The number of amides is 1. The molecule has 1 aromatic carbocycles. The van der Waals surface area contributed by atoms with Gasteiger partial charge in [-0.15, -0.1) is 10.2 Å². The highest BCUT2D eigenvalue weighted by atomic mass is 16.6. The number of hydrogen-bond donors (Lipinski definition) is 3. The maximum Gasteiger partial charge on any atom is 0.412 e. The third-order valence-corrected chi connectivity index (χ3v) is 4.63. The van der Waals surface area contributed by atoms with E-state index in [-0.39, 0.29) is 0 Å². The number of fused-ring (bicyclic) bond motifs is 1. The van der Waals surface area contributed by atoms with E-state index in [2.05, 4.69) is 35.7 Å². The maximum absolute atomic E-state index is 11.8. The van der Waals surface area contributed by atoms with Crippen molar-refractivity contribution in [3.05, 3.63) is 41.5 Å². The van der Waals surface area contributed by atoms with Crippen molar-refractivity contribution in [1.82, 2.24) is 25.4 Å². The summed E-state index contributed by atoms with van der Waals surface area (Å²) in [6.07, 6.45) is 2.52. The maximum atomic E-state index is 11.8. The SMILES string of the molecule is CN=C(NCCc1ccc(NC(=O)OC(C)(C)C)cc1)NCc1nnc2n1CCC2. The zero-order valence-corrected chi connectivity index (χ0v) is 18.2. The molecule has 0 saturated heterocycles. The van der Waals surface area contributed by atoms with E-state index in [4.69, 9.17) is 4.74 Å². The molecular weight excluding hydrogens is 382 g/mol. The van der Waals surface area contributed by atoms with Crippen LogP contribution in [-0.4, -0.2) is 46.0 Å². The van der Waals surface area contributed by atoms with Crippen LogP contribution in [0, 0.1) is 0 Å². The Morgan fingerprint density at radius 3 is 2.67 bits per heavy atom. The van der Waals surface area contributed by atoms with E-state index in [1.54, 1.807) is 7.05 Å². The van der Waals surface area contributed by atoms with Gasteiger partial charge in [0.15, 0.2) is 11.8 Å². The summed E-state index contributed by atoms with van der Waals surface area (Å²) in [5.74, 6) is 2.74. The largest absolute Gasteiger partial charge is 0.444 e. The van der Waals surface area contributed by atoms with Gasteiger partial charge in [-0.25, -0.2) is 4.79 Å².